The molecule has 1 aliphatic carbocycles. The first kappa shape index (κ1) is 26.2. The third-order valence-electron chi connectivity index (χ3n) is 6.26. The molecular weight excluding hydrogens is 430 g/mol. The van der Waals surface area contributed by atoms with Gasteiger partial charge in [0.1, 0.15) is 5.78 Å². The van der Waals surface area contributed by atoms with Crippen LogP contribution in [0.2, 0.25) is 0 Å². The van der Waals surface area contributed by atoms with Crippen LogP contribution in [0.4, 0.5) is 0 Å². The van der Waals surface area contributed by atoms with Gasteiger partial charge in [-0.05, 0) is 70.1 Å². The van der Waals surface area contributed by atoms with Crippen molar-refractivity contribution >= 4 is 17.0 Å². The number of fused-ring (bicyclic) bond motifs is 1. The molecule has 0 bridgehead atoms. The van der Waals surface area contributed by atoms with Crippen molar-refractivity contribution in [3.05, 3.63) is 83.3 Å². The van der Waals surface area contributed by atoms with Gasteiger partial charge in [0.05, 0.1) is 11.9 Å². The number of carbonyl (C=O) groups excluding carboxylic acids is 1. The van der Waals surface area contributed by atoms with Gasteiger partial charge in [0.2, 0.25) is 0 Å². The summed E-state index contributed by atoms with van der Waals surface area (Å²) in [6.07, 6.45) is 25.5. The Balaban J connectivity index is 0.000000795. The first-order chi connectivity index (χ1) is 17.0. The summed E-state index contributed by atoms with van der Waals surface area (Å²) in [7, 11) is 0. The summed E-state index contributed by atoms with van der Waals surface area (Å²) in [5.41, 5.74) is 6.91. The van der Waals surface area contributed by atoms with Crippen molar-refractivity contribution in [1.29, 1.82) is 0 Å². The van der Waals surface area contributed by atoms with Gasteiger partial charge in [-0.3, -0.25) is 0 Å². The lowest BCUT2D eigenvalue weighted by Crippen LogP contribution is -2.14. The Labute approximate surface area is 210 Å². The summed E-state index contributed by atoms with van der Waals surface area (Å²) in [4.78, 5) is 14.2. The second-order valence-corrected chi connectivity index (χ2v) is 9.41. The highest BCUT2D eigenvalue weighted by atomic mass is 16.1. The van der Waals surface area contributed by atoms with E-state index in [4.69, 9.17) is 16.5 Å². The van der Waals surface area contributed by atoms with Crippen LogP contribution in [0.1, 0.15) is 87.1 Å². The molecular formula is C31H37N3O. The second kappa shape index (κ2) is 13.4. The van der Waals surface area contributed by atoms with Crippen LogP contribution in [0, 0.1) is 19.3 Å². The Kier molecular flexibility index (Phi) is 10.0. The standard InChI is InChI=1S/C28H31N3.C3H6O/c1-3-13-24(17-10-5-9-16-23-14-7-4-8-15-23)26-21-29-28-22(2)20-30-31(28)27(26)25-18-11-6-12-19-25;1-3(2)4/h1,4,7-8,10,13-15,17,20-21,25H,5-6,9,11-12,16,18-19H2,2H3;1-2H3/b17-10-,24-13+;. The number of rotatable bonds is 7. The van der Waals surface area contributed by atoms with E-state index >= 15 is 0 Å². The zero-order chi connectivity index (χ0) is 25.0. The number of Topliss-reactive ketones (excluding diaryl/α,β-unsaturated/α-hetero) is 1. The van der Waals surface area contributed by atoms with Gasteiger partial charge in [-0.15, -0.1) is 6.42 Å². The topological polar surface area (TPSA) is 47.3 Å². The summed E-state index contributed by atoms with van der Waals surface area (Å²) in [6, 6.07) is 10.7. The molecule has 0 atom stereocenters. The molecule has 0 amide bonds. The van der Waals surface area contributed by atoms with E-state index in [9.17, 15) is 4.79 Å². The van der Waals surface area contributed by atoms with Gasteiger partial charge in [0, 0.05) is 23.2 Å². The molecule has 0 N–H and O–H groups in total. The fourth-order valence-corrected chi connectivity index (χ4v) is 4.64. The third kappa shape index (κ3) is 7.52. The Morgan fingerprint density at radius 3 is 2.54 bits per heavy atom. The van der Waals surface area contributed by atoms with Crippen LogP contribution >= 0.6 is 0 Å². The van der Waals surface area contributed by atoms with E-state index in [0.29, 0.717) is 5.92 Å². The Hall–Kier alpha value is -3.45. The molecule has 0 unspecified atom stereocenters. The lowest BCUT2D eigenvalue weighted by atomic mass is 9.84. The molecule has 0 aliphatic heterocycles. The van der Waals surface area contributed by atoms with Crippen LogP contribution in [0.5, 0.6) is 0 Å². The molecule has 4 nitrogen and oxygen atoms in total. The maximum Gasteiger partial charge on any atom is 0.158 e. The van der Waals surface area contributed by atoms with Gasteiger partial charge in [-0.25, -0.2) is 9.50 Å². The van der Waals surface area contributed by atoms with Crippen molar-refractivity contribution in [3.8, 4) is 12.3 Å². The highest BCUT2D eigenvalue weighted by Gasteiger charge is 2.24. The van der Waals surface area contributed by atoms with Gasteiger partial charge < -0.3 is 4.79 Å². The SMILES string of the molecule is C#C/C=C(\C=C/CCCc1ccccc1)c1cnc2c(C)cnn2c1C1CCCCC1.CC(C)=O. The highest BCUT2D eigenvalue weighted by Crippen LogP contribution is 2.37. The summed E-state index contributed by atoms with van der Waals surface area (Å²) in [5.74, 6) is 3.41. The number of terminal acetylenes is 1. The molecule has 1 fully saturated rings. The van der Waals surface area contributed by atoms with Crippen molar-refractivity contribution in [1.82, 2.24) is 14.6 Å². The summed E-state index contributed by atoms with van der Waals surface area (Å²) >= 11 is 0. The minimum Gasteiger partial charge on any atom is -0.300 e. The number of benzene rings is 1. The van der Waals surface area contributed by atoms with Gasteiger partial charge in [-0.1, -0.05) is 67.7 Å². The molecule has 1 aromatic carbocycles. The number of carbonyl (C=O) groups is 1. The van der Waals surface area contributed by atoms with E-state index in [-0.39, 0.29) is 5.78 Å². The van der Waals surface area contributed by atoms with Crippen LogP contribution in [-0.2, 0) is 11.2 Å². The molecule has 1 aliphatic rings. The molecule has 1 saturated carbocycles. The fraction of sp³-hybridized carbons (Fsp3) is 0.387. The Morgan fingerprint density at radius 2 is 1.86 bits per heavy atom. The molecule has 4 rings (SSSR count). The predicted molar refractivity (Wildman–Crippen MR) is 145 cm³/mol. The van der Waals surface area contributed by atoms with Crippen molar-refractivity contribution in [2.75, 3.05) is 0 Å². The van der Waals surface area contributed by atoms with Crippen molar-refractivity contribution in [2.24, 2.45) is 0 Å². The minimum atomic E-state index is 0.167. The number of hydrogen-bond acceptors (Lipinski definition) is 3. The first-order valence-electron chi connectivity index (χ1n) is 12.7. The van der Waals surface area contributed by atoms with Crippen LogP contribution in [0.25, 0.3) is 11.2 Å². The van der Waals surface area contributed by atoms with Crippen LogP contribution < -0.4 is 0 Å². The normalized spacial score (nSPS) is 14.5. The molecule has 0 radical (unpaired) electrons. The monoisotopic (exact) mass is 467 g/mol. The molecule has 35 heavy (non-hydrogen) atoms. The molecule has 4 heteroatoms. The number of allylic oxidation sites excluding steroid dienone is 4. The summed E-state index contributed by atoms with van der Waals surface area (Å²) in [6.45, 7) is 5.13. The molecule has 0 saturated heterocycles. The smallest absolute Gasteiger partial charge is 0.158 e. The maximum absolute atomic E-state index is 9.44. The van der Waals surface area contributed by atoms with E-state index in [1.807, 2.05) is 18.5 Å². The highest BCUT2D eigenvalue weighted by molar-refractivity contribution is 5.78. The second-order valence-electron chi connectivity index (χ2n) is 9.41. The Morgan fingerprint density at radius 1 is 1.14 bits per heavy atom. The lowest BCUT2D eigenvalue weighted by molar-refractivity contribution is -0.114. The van der Waals surface area contributed by atoms with E-state index in [1.165, 1.54) is 57.2 Å². The summed E-state index contributed by atoms with van der Waals surface area (Å²) in [5, 5.41) is 4.69. The summed E-state index contributed by atoms with van der Waals surface area (Å²) < 4.78 is 2.06. The average Bonchev–Trinajstić information content (AvgIpc) is 3.24. The third-order valence-corrected chi connectivity index (χ3v) is 6.26. The van der Waals surface area contributed by atoms with E-state index in [0.717, 1.165) is 41.6 Å². The van der Waals surface area contributed by atoms with Gasteiger partial charge in [-0.2, -0.15) is 5.10 Å². The number of nitrogens with zero attached hydrogens (tertiary/aromatic N) is 3. The molecule has 2 heterocycles. The van der Waals surface area contributed by atoms with E-state index in [1.54, 1.807) is 0 Å². The van der Waals surface area contributed by atoms with Crippen molar-refractivity contribution in [3.63, 3.8) is 0 Å². The maximum atomic E-state index is 9.44. The van der Waals surface area contributed by atoms with E-state index < -0.39 is 0 Å². The molecule has 182 valence electrons. The van der Waals surface area contributed by atoms with Gasteiger partial charge >= 0.3 is 0 Å². The molecule has 3 aromatic rings. The first-order valence-corrected chi connectivity index (χ1v) is 12.7. The Bertz CT molecular complexity index is 1200. The lowest BCUT2D eigenvalue weighted by Gasteiger charge is -2.25. The minimum absolute atomic E-state index is 0.167. The number of aromatic nitrogens is 3. The number of unbranched alkanes of at least 4 members (excludes halogenated alkanes) is 1. The zero-order valence-corrected chi connectivity index (χ0v) is 21.3. The molecule has 0 spiro atoms. The quantitative estimate of drug-likeness (QED) is 0.208. The largest absolute Gasteiger partial charge is 0.300 e. The number of aryl methyl sites for hydroxylation is 2. The predicted octanol–water partition coefficient (Wildman–Crippen LogP) is 7.28. The van der Waals surface area contributed by atoms with Crippen LogP contribution in [0.15, 0.2) is 61.0 Å². The van der Waals surface area contributed by atoms with Crippen LogP contribution in [-0.4, -0.2) is 20.4 Å². The van der Waals surface area contributed by atoms with Crippen LogP contribution in [0.3, 0.4) is 0 Å². The van der Waals surface area contributed by atoms with Crippen molar-refractivity contribution in [2.45, 2.75) is 78.1 Å². The molecule has 2 aromatic heterocycles. The average molecular weight is 468 g/mol. The zero-order valence-electron chi connectivity index (χ0n) is 21.3. The van der Waals surface area contributed by atoms with Gasteiger partial charge in [0.15, 0.2) is 5.65 Å². The fourth-order valence-electron chi connectivity index (χ4n) is 4.64. The number of hydrogen-bond donors (Lipinski definition) is 0. The number of ketones is 1. The van der Waals surface area contributed by atoms with Crippen molar-refractivity contribution < 1.29 is 4.79 Å². The van der Waals surface area contributed by atoms with E-state index in [2.05, 4.69) is 59.8 Å². The van der Waals surface area contributed by atoms with Gasteiger partial charge in [0.25, 0.3) is 0 Å².